The number of urea groups is 1. The number of carboxylic acid groups (broad SMARTS) is 1. The van der Waals surface area contributed by atoms with Gasteiger partial charge in [-0.15, -0.1) is 0 Å². The first kappa shape index (κ1) is 13.8. The molecule has 0 aliphatic rings. The summed E-state index contributed by atoms with van der Waals surface area (Å²) >= 11 is 5.78. The van der Waals surface area contributed by atoms with Gasteiger partial charge < -0.3 is 20.3 Å². The van der Waals surface area contributed by atoms with Gasteiger partial charge in [0.15, 0.2) is 5.82 Å². The van der Waals surface area contributed by atoms with E-state index in [1.54, 1.807) is 0 Å². The quantitative estimate of drug-likeness (QED) is 0.791. The highest BCUT2D eigenvalue weighted by Crippen LogP contribution is 2.20. The van der Waals surface area contributed by atoms with Gasteiger partial charge in [-0.3, -0.25) is 0 Å². The van der Waals surface area contributed by atoms with Gasteiger partial charge in [0.2, 0.25) is 6.39 Å². The van der Waals surface area contributed by atoms with Gasteiger partial charge in [0.25, 0.3) is 0 Å². The van der Waals surface area contributed by atoms with Crippen molar-refractivity contribution in [3.8, 4) is 0 Å². The molecule has 1 aromatic heterocycles. The van der Waals surface area contributed by atoms with Crippen molar-refractivity contribution in [1.82, 2.24) is 15.5 Å². The summed E-state index contributed by atoms with van der Waals surface area (Å²) in [6.07, 6.45) is 1.15. The van der Waals surface area contributed by atoms with Gasteiger partial charge in [0.1, 0.15) is 0 Å². The van der Waals surface area contributed by atoms with Crippen LogP contribution in [0.5, 0.6) is 0 Å². The lowest BCUT2D eigenvalue weighted by Crippen LogP contribution is -2.28. The molecule has 104 valence electrons. The molecule has 0 unspecified atom stereocenters. The summed E-state index contributed by atoms with van der Waals surface area (Å²) in [6, 6.07) is 3.58. The first-order chi connectivity index (χ1) is 9.56. The summed E-state index contributed by atoms with van der Waals surface area (Å²) in [5.74, 6) is -0.803. The first-order valence-corrected chi connectivity index (χ1v) is 5.77. The number of hydrogen-bond acceptors (Lipinski definition) is 5. The number of carbonyl (C=O) groups excluding carboxylic acids is 1. The normalized spacial score (nSPS) is 10.1. The van der Waals surface area contributed by atoms with Gasteiger partial charge in [-0.2, -0.15) is 4.98 Å². The Hall–Kier alpha value is -2.61. The van der Waals surface area contributed by atoms with E-state index in [9.17, 15) is 9.59 Å². The van der Waals surface area contributed by atoms with E-state index in [4.69, 9.17) is 16.7 Å². The fourth-order valence-electron chi connectivity index (χ4n) is 1.37. The van der Waals surface area contributed by atoms with Crippen LogP contribution >= 0.6 is 11.6 Å². The molecular formula is C11H9ClN4O4. The highest BCUT2D eigenvalue weighted by molar-refractivity contribution is 6.33. The standard InChI is InChI=1S/C11H9ClN4O4/c12-8-3-6(1-2-7(8)10(17)18)15-11(19)13-4-9-14-5-20-16-9/h1-3,5H,4H2,(H,17,18)(H2,13,15,19). The van der Waals surface area contributed by atoms with Gasteiger partial charge in [-0.25, -0.2) is 9.59 Å². The number of halogens is 1. The monoisotopic (exact) mass is 296 g/mol. The average molecular weight is 297 g/mol. The summed E-state index contributed by atoms with van der Waals surface area (Å²) in [6.45, 7) is 0.100. The lowest BCUT2D eigenvalue weighted by atomic mass is 10.2. The third kappa shape index (κ3) is 3.45. The van der Waals surface area contributed by atoms with Crippen LogP contribution in [0.15, 0.2) is 29.1 Å². The van der Waals surface area contributed by atoms with Crippen molar-refractivity contribution in [2.75, 3.05) is 5.32 Å². The number of carboxylic acids is 1. The molecule has 2 amide bonds. The van der Waals surface area contributed by atoms with Gasteiger partial charge in [0, 0.05) is 5.69 Å². The zero-order chi connectivity index (χ0) is 14.5. The number of aromatic carboxylic acids is 1. The maximum atomic E-state index is 11.6. The zero-order valence-corrected chi connectivity index (χ0v) is 10.7. The maximum absolute atomic E-state index is 11.6. The number of carbonyl (C=O) groups is 2. The van der Waals surface area contributed by atoms with Gasteiger partial charge >= 0.3 is 12.0 Å². The highest BCUT2D eigenvalue weighted by atomic mass is 35.5. The average Bonchev–Trinajstić information content (AvgIpc) is 2.89. The minimum atomic E-state index is -1.14. The molecule has 0 atom stereocenters. The number of rotatable bonds is 4. The van der Waals surface area contributed by atoms with E-state index in [1.165, 1.54) is 18.2 Å². The van der Waals surface area contributed by atoms with Crippen LogP contribution in [0.25, 0.3) is 0 Å². The number of nitrogens with zero attached hydrogens (tertiary/aromatic N) is 2. The van der Waals surface area contributed by atoms with Crippen LogP contribution in [-0.2, 0) is 6.54 Å². The summed E-state index contributed by atoms with van der Waals surface area (Å²) in [7, 11) is 0. The van der Waals surface area contributed by atoms with E-state index < -0.39 is 12.0 Å². The van der Waals surface area contributed by atoms with Crippen molar-refractivity contribution in [1.29, 1.82) is 0 Å². The fraction of sp³-hybridized carbons (Fsp3) is 0.0909. The second-order valence-electron chi connectivity index (χ2n) is 3.65. The van der Waals surface area contributed by atoms with Crippen LogP contribution < -0.4 is 10.6 Å². The van der Waals surface area contributed by atoms with Crippen LogP contribution in [0, 0.1) is 0 Å². The lowest BCUT2D eigenvalue weighted by molar-refractivity contribution is 0.0697. The first-order valence-electron chi connectivity index (χ1n) is 5.39. The van der Waals surface area contributed by atoms with E-state index in [1.807, 2.05) is 0 Å². The molecule has 2 aromatic rings. The Bertz CT molecular complexity index is 629. The Morgan fingerprint density at radius 2 is 2.20 bits per heavy atom. The molecule has 0 bridgehead atoms. The highest BCUT2D eigenvalue weighted by Gasteiger charge is 2.10. The molecule has 0 spiro atoms. The zero-order valence-electron chi connectivity index (χ0n) is 9.96. The summed E-state index contributed by atoms with van der Waals surface area (Å²) < 4.78 is 4.51. The van der Waals surface area contributed by atoms with E-state index in [-0.39, 0.29) is 17.1 Å². The minimum absolute atomic E-state index is 0.0356. The Balaban J connectivity index is 1.94. The number of hydrogen-bond donors (Lipinski definition) is 3. The number of nitrogens with one attached hydrogen (secondary N) is 2. The maximum Gasteiger partial charge on any atom is 0.337 e. The van der Waals surface area contributed by atoms with E-state index in [0.29, 0.717) is 11.5 Å². The molecule has 20 heavy (non-hydrogen) atoms. The molecule has 9 heteroatoms. The molecule has 0 saturated carbocycles. The minimum Gasteiger partial charge on any atom is -0.478 e. The Labute approximate surface area is 117 Å². The lowest BCUT2D eigenvalue weighted by Gasteiger charge is -2.07. The molecule has 0 aliphatic heterocycles. The molecule has 8 nitrogen and oxygen atoms in total. The Morgan fingerprint density at radius 3 is 2.80 bits per heavy atom. The topological polar surface area (TPSA) is 117 Å². The Morgan fingerprint density at radius 1 is 1.40 bits per heavy atom. The van der Waals surface area contributed by atoms with Crippen LogP contribution in [0.1, 0.15) is 16.2 Å². The summed E-state index contributed by atoms with van der Waals surface area (Å²) in [4.78, 5) is 26.1. The van der Waals surface area contributed by atoms with Crippen LogP contribution in [0.4, 0.5) is 10.5 Å². The number of aromatic nitrogens is 2. The fourth-order valence-corrected chi connectivity index (χ4v) is 1.63. The molecule has 1 heterocycles. The molecule has 3 N–H and O–H groups in total. The van der Waals surface area contributed by atoms with Crippen LogP contribution in [0.2, 0.25) is 5.02 Å². The van der Waals surface area contributed by atoms with Crippen LogP contribution in [-0.4, -0.2) is 27.2 Å². The molecule has 1 aromatic carbocycles. The van der Waals surface area contributed by atoms with Crippen LogP contribution in [0.3, 0.4) is 0 Å². The molecule has 0 aliphatic carbocycles. The number of anilines is 1. The molecule has 0 fully saturated rings. The number of amides is 2. The third-order valence-corrected chi connectivity index (χ3v) is 2.58. The molecule has 0 radical (unpaired) electrons. The van der Waals surface area contributed by atoms with Gasteiger partial charge in [-0.1, -0.05) is 16.8 Å². The van der Waals surface area contributed by atoms with E-state index in [0.717, 1.165) is 6.39 Å². The SMILES string of the molecule is O=C(NCc1ncon1)Nc1ccc(C(=O)O)c(Cl)c1. The van der Waals surface area contributed by atoms with Crippen molar-refractivity contribution in [2.24, 2.45) is 0 Å². The van der Waals surface area contributed by atoms with Crippen molar-refractivity contribution >= 4 is 29.3 Å². The van der Waals surface area contributed by atoms with E-state index >= 15 is 0 Å². The van der Waals surface area contributed by atoms with E-state index in [2.05, 4.69) is 25.3 Å². The van der Waals surface area contributed by atoms with Crippen molar-refractivity contribution in [3.05, 3.63) is 41.0 Å². The van der Waals surface area contributed by atoms with Gasteiger partial charge in [-0.05, 0) is 18.2 Å². The number of benzene rings is 1. The Kier molecular flexibility index (Phi) is 4.16. The van der Waals surface area contributed by atoms with Crippen molar-refractivity contribution in [3.63, 3.8) is 0 Å². The molecule has 0 saturated heterocycles. The predicted octanol–water partition coefficient (Wildman–Crippen LogP) is 1.74. The second-order valence-corrected chi connectivity index (χ2v) is 4.06. The second kappa shape index (κ2) is 6.02. The predicted molar refractivity (Wildman–Crippen MR) is 68.6 cm³/mol. The van der Waals surface area contributed by atoms with Gasteiger partial charge in [0.05, 0.1) is 17.1 Å². The largest absolute Gasteiger partial charge is 0.478 e. The van der Waals surface area contributed by atoms with Crippen molar-refractivity contribution in [2.45, 2.75) is 6.54 Å². The molecule has 2 rings (SSSR count). The summed E-state index contributed by atoms with van der Waals surface area (Å²) in [5, 5.41) is 17.4. The van der Waals surface area contributed by atoms with Crippen molar-refractivity contribution < 1.29 is 19.2 Å². The summed E-state index contributed by atoms with van der Waals surface area (Å²) in [5.41, 5.74) is 0.329. The molecular weight excluding hydrogens is 288 g/mol. The smallest absolute Gasteiger partial charge is 0.337 e. The third-order valence-electron chi connectivity index (χ3n) is 2.27.